The minimum Gasteiger partial charge on any atom is -0.338 e. The lowest BCUT2D eigenvalue weighted by molar-refractivity contribution is 0.0655. The largest absolute Gasteiger partial charge is 0.338 e. The Morgan fingerprint density at radius 1 is 1.22 bits per heavy atom. The van der Waals surface area contributed by atoms with Crippen LogP contribution in [0.1, 0.15) is 51.3 Å². The summed E-state index contributed by atoms with van der Waals surface area (Å²) < 4.78 is 5.27. The van der Waals surface area contributed by atoms with Crippen LogP contribution in [0.4, 0.5) is 0 Å². The van der Waals surface area contributed by atoms with Crippen molar-refractivity contribution in [1.29, 1.82) is 0 Å². The fourth-order valence-corrected chi connectivity index (χ4v) is 3.06. The lowest BCUT2D eigenvalue weighted by Crippen LogP contribution is -2.31. The zero-order chi connectivity index (χ0) is 15.8. The van der Waals surface area contributed by atoms with Crippen molar-refractivity contribution in [3.63, 3.8) is 0 Å². The molecule has 0 aliphatic carbocycles. The van der Waals surface area contributed by atoms with E-state index >= 15 is 0 Å². The Bertz CT molecular complexity index is 729. The van der Waals surface area contributed by atoms with E-state index in [0.717, 1.165) is 19.4 Å². The molecule has 0 radical (unpaired) electrons. The third kappa shape index (κ3) is 2.43. The minimum absolute atomic E-state index is 0.121. The number of carbonyl (C=O) groups excluding carboxylic acids is 2. The van der Waals surface area contributed by atoms with E-state index in [1.807, 2.05) is 0 Å². The number of rotatable bonds is 4. The van der Waals surface area contributed by atoms with E-state index in [1.54, 1.807) is 24.3 Å². The van der Waals surface area contributed by atoms with Crippen LogP contribution in [0.25, 0.3) is 0 Å². The van der Waals surface area contributed by atoms with Gasteiger partial charge >= 0.3 is 0 Å². The van der Waals surface area contributed by atoms with Crippen LogP contribution in [-0.4, -0.2) is 39.9 Å². The van der Waals surface area contributed by atoms with Gasteiger partial charge in [-0.3, -0.25) is 14.5 Å². The maximum absolute atomic E-state index is 12.3. The second-order valence-corrected chi connectivity index (χ2v) is 5.76. The number of carbonyl (C=O) groups is 2. The molecule has 0 saturated carbocycles. The van der Waals surface area contributed by atoms with E-state index in [4.69, 9.17) is 4.52 Å². The predicted molar refractivity (Wildman–Crippen MR) is 79.8 cm³/mol. The maximum atomic E-state index is 12.3. The smallest absolute Gasteiger partial charge is 0.261 e. The summed E-state index contributed by atoms with van der Waals surface area (Å²) in [6.45, 7) is 1.21. The number of benzene rings is 1. The quantitative estimate of drug-likeness (QED) is 0.857. The van der Waals surface area contributed by atoms with Gasteiger partial charge in [0.2, 0.25) is 5.89 Å². The molecule has 1 aromatic heterocycles. The molecule has 3 heterocycles. The van der Waals surface area contributed by atoms with Crippen LogP contribution in [0.5, 0.6) is 0 Å². The average molecular weight is 312 g/mol. The van der Waals surface area contributed by atoms with Crippen molar-refractivity contribution >= 4 is 11.8 Å². The first-order valence-corrected chi connectivity index (χ1v) is 7.75. The van der Waals surface area contributed by atoms with Crippen molar-refractivity contribution in [2.75, 3.05) is 13.1 Å². The molecule has 0 unspecified atom stereocenters. The Hall–Kier alpha value is -2.54. The predicted octanol–water partition coefficient (Wildman–Crippen LogP) is 1.33. The summed E-state index contributed by atoms with van der Waals surface area (Å²) in [6, 6.07) is 6.98. The van der Waals surface area contributed by atoms with Crippen LogP contribution in [-0.2, 0) is 6.42 Å². The molecule has 1 aromatic carbocycles. The summed E-state index contributed by atoms with van der Waals surface area (Å²) in [6.07, 6.45) is 2.47. The molecule has 2 aliphatic heterocycles. The third-order valence-electron chi connectivity index (χ3n) is 4.28. The molecule has 2 aromatic rings. The van der Waals surface area contributed by atoms with Gasteiger partial charge in [0.1, 0.15) is 0 Å². The van der Waals surface area contributed by atoms with Crippen LogP contribution in [0, 0.1) is 0 Å². The van der Waals surface area contributed by atoms with Crippen molar-refractivity contribution in [3.8, 4) is 0 Å². The molecule has 1 atom stereocenters. The van der Waals surface area contributed by atoms with Gasteiger partial charge in [-0.2, -0.15) is 4.98 Å². The summed E-state index contributed by atoms with van der Waals surface area (Å²) in [5.41, 5.74) is 0.919. The Morgan fingerprint density at radius 3 is 2.61 bits per heavy atom. The normalized spacial score (nSPS) is 20.3. The van der Waals surface area contributed by atoms with Gasteiger partial charge in [0.05, 0.1) is 17.2 Å². The van der Waals surface area contributed by atoms with Crippen molar-refractivity contribution in [1.82, 2.24) is 20.4 Å². The standard InChI is InChI=1S/C16H16N4O3/c21-15-10-4-1-2-5-11(10)16(22)20(15)9-7-13-18-14(23-19-13)12-6-3-8-17-12/h1-2,4-5,12,17H,3,6-9H2/t12-/m0/s1. The highest BCUT2D eigenvalue weighted by Crippen LogP contribution is 2.23. The number of nitrogens with one attached hydrogen (secondary N) is 1. The van der Waals surface area contributed by atoms with E-state index in [0.29, 0.717) is 29.3 Å². The number of hydrogen-bond donors (Lipinski definition) is 1. The molecule has 0 spiro atoms. The summed E-state index contributed by atoms with van der Waals surface area (Å²) in [4.78, 5) is 30.2. The molecule has 0 bridgehead atoms. The lowest BCUT2D eigenvalue weighted by atomic mass is 10.1. The summed E-state index contributed by atoms with van der Waals surface area (Å²) in [5.74, 6) is 0.587. The first-order valence-electron chi connectivity index (χ1n) is 7.75. The molecular weight excluding hydrogens is 296 g/mol. The molecule has 1 fully saturated rings. The van der Waals surface area contributed by atoms with E-state index in [-0.39, 0.29) is 24.4 Å². The number of hydrogen-bond acceptors (Lipinski definition) is 6. The molecule has 1 saturated heterocycles. The SMILES string of the molecule is O=C1c2ccccc2C(=O)N1CCc1noc([C@@H]2CCCN2)n1. The molecule has 118 valence electrons. The van der Waals surface area contributed by atoms with Crippen molar-refractivity contribution in [3.05, 3.63) is 47.1 Å². The van der Waals surface area contributed by atoms with Gasteiger partial charge in [-0.15, -0.1) is 0 Å². The molecule has 1 N–H and O–H groups in total. The summed E-state index contributed by atoms with van der Waals surface area (Å²) in [7, 11) is 0. The molecular formula is C16H16N4O3. The zero-order valence-electron chi connectivity index (χ0n) is 12.5. The van der Waals surface area contributed by atoms with Gasteiger partial charge in [0, 0.05) is 13.0 Å². The van der Waals surface area contributed by atoms with Crippen LogP contribution >= 0.6 is 0 Å². The summed E-state index contributed by atoms with van der Waals surface area (Å²) in [5, 5.41) is 7.24. The van der Waals surface area contributed by atoms with Gasteiger partial charge in [-0.05, 0) is 31.5 Å². The topological polar surface area (TPSA) is 88.3 Å². The highest BCUT2D eigenvalue weighted by Gasteiger charge is 2.35. The Morgan fingerprint density at radius 2 is 1.96 bits per heavy atom. The van der Waals surface area contributed by atoms with Gasteiger partial charge in [0.25, 0.3) is 11.8 Å². The second kappa shape index (κ2) is 5.58. The molecule has 2 amide bonds. The van der Waals surface area contributed by atoms with Gasteiger partial charge in [-0.25, -0.2) is 0 Å². The van der Waals surface area contributed by atoms with Gasteiger partial charge < -0.3 is 9.84 Å². The maximum Gasteiger partial charge on any atom is 0.261 e. The fourth-order valence-electron chi connectivity index (χ4n) is 3.06. The summed E-state index contributed by atoms with van der Waals surface area (Å²) >= 11 is 0. The van der Waals surface area contributed by atoms with E-state index < -0.39 is 0 Å². The Kier molecular flexibility index (Phi) is 3.42. The highest BCUT2D eigenvalue weighted by molar-refractivity contribution is 6.21. The number of imide groups is 1. The van der Waals surface area contributed by atoms with Crippen LogP contribution in [0.2, 0.25) is 0 Å². The van der Waals surface area contributed by atoms with Crippen molar-refractivity contribution < 1.29 is 14.1 Å². The third-order valence-corrected chi connectivity index (χ3v) is 4.28. The van der Waals surface area contributed by atoms with E-state index in [1.165, 1.54) is 4.90 Å². The van der Waals surface area contributed by atoms with Gasteiger partial charge in [0.15, 0.2) is 5.82 Å². The number of amides is 2. The lowest BCUT2D eigenvalue weighted by Gasteiger charge is -2.11. The first-order chi connectivity index (χ1) is 11.2. The van der Waals surface area contributed by atoms with E-state index in [9.17, 15) is 9.59 Å². The van der Waals surface area contributed by atoms with Crippen LogP contribution in [0.3, 0.4) is 0 Å². The van der Waals surface area contributed by atoms with Crippen molar-refractivity contribution in [2.24, 2.45) is 0 Å². The molecule has 7 nitrogen and oxygen atoms in total. The van der Waals surface area contributed by atoms with E-state index in [2.05, 4.69) is 15.5 Å². The number of nitrogens with zero attached hydrogens (tertiary/aromatic N) is 3. The Balaban J connectivity index is 1.44. The first kappa shape index (κ1) is 14.1. The number of fused-ring (bicyclic) bond motifs is 1. The molecule has 7 heteroatoms. The number of aromatic nitrogens is 2. The molecule has 23 heavy (non-hydrogen) atoms. The fraction of sp³-hybridized carbons (Fsp3) is 0.375. The molecule has 4 rings (SSSR count). The Labute approximate surface area is 132 Å². The second-order valence-electron chi connectivity index (χ2n) is 5.76. The van der Waals surface area contributed by atoms with Crippen molar-refractivity contribution in [2.45, 2.75) is 25.3 Å². The minimum atomic E-state index is -0.258. The highest BCUT2D eigenvalue weighted by atomic mass is 16.5. The zero-order valence-corrected chi connectivity index (χ0v) is 12.5. The van der Waals surface area contributed by atoms with Crippen LogP contribution in [0.15, 0.2) is 28.8 Å². The average Bonchev–Trinajstić information content (AvgIpc) is 3.29. The van der Waals surface area contributed by atoms with Crippen LogP contribution < -0.4 is 5.32 Å². The monoisotopic (exact) mass is 312 g/mol. The van der Waals surface area contributed by atoms with Gasteiger partial charge in [-0.1, -0.05) is 17.3 Å². The molecule has 2 aliphatic rings.